The number of amides is 2. The van der Waals surface area contributed by atoms with Crippen molar-refractivity contribution in [3.63, 3.8) is 0 Å². The van der Waals surface area contributed by atoms with Gasteiger partial charge in [0, 0.05) is 24.0 Å². The molecule has 1 saturated heterocycles. The van der Waals surface area contributed by atoms with Gasteiger partial charge in [0.25, 0.3) is 5.91 Å². The predicted molar refractivity (Wildman–Crippen MR) is 122 cm³/mol. The molecule has 0 radical (unpaired) electrons. The molecule has 2 aliphatic heterocycles. The summed E-state index contributed by atoms with van der Waals surface area (Å²) in [6.45, 7) is 0.227. The van der Waals surface area contributed by atoms with E-state index in [1.54, 1.807) is 12.1 Å². The summed E-state index contributed by atoms with van der Waals surface area (Å²) < 4.78 is 18.9. The first-order valence-corrected chi connectivity index (χ1v) is 11.0. The number of rotatable bonds is 5. The smallest absolute Gasteiger partial charge is 0.409 e. The Morgan fingerprint density at radius 3 is 2.71 bits per heavy atom. The maximum absolute atomic E-state index is 14.1. The number of methoxy groups -OCH3 is 1. The number of aromatic nitrogens is 1. The van der Waals surface area contributed by atoms with Gasteiger partial charge in [-0.2, -0.15) is 0 Å². The van der Waals surface area contributed by atoms with E-state index in [0.717, 1.165) is 5.69 Å². The Balaban J connectivity index is 1.48. The number of para-hydroxylation sites is 1. The van der Waals surface area contributed by atoms with Crippen molar-refractivity contribution in [2.24, 2.45) is 5.92 Å². The highest BCUT2D eigenvalue weighted by Gasteiger charge is 2.51. The zero-order valence-corrected chi connectivity index (χ0v) is 18.5. The lowest BCUT2D eigenvalue weighted by molar-refractivity contribution is -0.125. The minimum absolute atomic E-state index is 0.0565. The monoisotopic (exact) mass is 465 g/mol. The Hall–Kier alpha value is -3.95. The zero-order chi connectivity index (χ0) is 23.9. The third kappa shape index (κ3) is 4.07. The van der Waals surface area contributed by atoms with Crippen LogP contribution in [0.1, 0.15) is 18.4 Å². The van der Waals surface area contributed by atoms with Crippen molar-refractivity contribution in [2.45, 2.75) is 24.6 Å². The van der Waals surface area contributed by atoms with E-state index in [2.05, 4.69) is 20.9 Å². The van der Waals surface area contributed by atoms with Gasteiger partial charge in [-0.05, 0) is 37.1 Å². The van der Waals surface area contributed by atoms with Crippen LogP contribution >= 0.6 is 0 Å². The van der Waals surface area contributed by atoms with E-state index in [1.807, 2.05) is 30.3 Å². The third-order valence-electron chi connectivity index (χ3n) is 6.29. The zero-order valence-electron chi connectivity index (χ0n) is 18.5. The number of pyridine rings is 1. The minimum Gasteiger partial charge on any atom is -0.453 e. The molecule has 3 aliphatic rings. The van der Waals surface area contributed by atoms with E-state index in [-0.39, 0.29) is 43.6 Å². The summed E-state index contributed by atoms with van der Waals surface area (Å²) in [5, 5.41) is 9.28. The Kier molecular flexibility index (Phi) is 5.43. The molecule has 10 heteroatoms. The van der Waals surface area contributed by atoms with Gasteiger partial charge >= 0.3 is 6.09 Å². The molecule has 2 aromatic rings. The van der Waals surface area contributed by atoms with Crippen molar-refractivity contribution in [1.29, 1.82) is 0 Å². The number of Topliss-reactive ketones (excluding diaryl/α,β-unsaturated/α-hetero) is 1. The van der Waals surface area contributed by atoms with Gasteiger partial charge in [-0.3, -0.25) is 14.5 Å². The van der Waals surface area contributed by atoms with Gasteiger partial charge in [-0.25, -0.2) is 14.2 Å². The first-order valence-electron chi connectivity index (χ1n) is 11.0. The first-order chi connectivity index (χ1) is 16.4. The topological polar surface area (TPSA) is 113 Å². The molecular formula is C24H24FN5O4. The highest BCUT2D eigenvalue weighted by molar-refractivity contribution is 5.99. The number of piperidine rings is 1. The number of ether oxygens (including phenoxy) is 1. The number of likely N-dealkylation sites (tertiary alicyclic amines) is 1. The van der Waals surface area contributed by atoms with Crippen LogP contribution in [0.4, 0.5) is 20.7 Å². The molecule has 176 valence electrons. The number of hydrogen-bond donors (Lipinski definition) is 3. The molecule has 5 rings (SSSR count). The Bertz CT molecular complexity index is 1180. The maximum atomic E-state index is 14.1. The van der Waals surface area contributed by atoms with E-state index in [1.165, 1.54) is 18.2 Å². The van der Waals surface area contributed by atoms with E-state index in [9.17, 15) is 18.8 Å². The van der Waals surface area contributed by atoms with Gasteiger partial charge in [-0.1, -0.05) is 18.2 Å². The van der Waals surface area contributed by atoms with Crippen molar-refractivity contribution < 1.29 is 23.5 Å². The molecule has 1 aromatic carbocycles. The van der Waals surface area contributed by atoms with Gasteiger partial charge in [0.05, 0.1) is 37.0 Å². The predicted octanol–water partition coefficient (Wildman–Crippen LogP) is 2.54. The molecule has 2 atom stereocenters. The average molecular weight is 465 g/mol. The lowest BCUT2D eigenvalue weighted by atomic mass is 9.89. The number of fused-ring (bicyclic) bond motifs is 1. The molecule has 0 bridgehead atoms. The van der Waals surface area contributed by atoms with Gasteiger partial charge in [-0.15, -0.1) is 0 Å². The highest BCUT2D eigenvalue weighted by atomic mass is 19.1. The molecule has 2 fully saturated rings. The average Bonchev–Trinajstić information content (AvgIpc) is 3.50. The lowest BCUT2D eigenvalue weighted by Crippen LogP contribution is -2.54. The van der Waals surface area contributed by atoms with Crippen LogP contribution in [0.15, 0.2) is 54.4 Å². The number of nitrogens with zero attached hydrogens (tertiary/aromatic N) is 2. The summed E-state index contributed by atoms with van der Waals surface area (Å²) in [5.41, 5.74) is 0.966. The number of nitrogens with one attached hydrogen (secondary N) is 3. The molecule has 2 amide bonds. The number of benzene rings is 1. The minimum atomic E-state index is -1.82. The number of hydrogen-bond acceptors (Lipinski definition) is 7. The number of anilines is 2. The van der Waals surface area contributed by atoms with Crippen LogP contribution in [0.2, 0.25) is 0 Å². The molecule has 0 spiro atoms. The Labute approximate surface area is 195 Å². The summed E-state index contributed by atoms with van der Waals surface area (Å²) >= 11 is 0. The number of alkyl halides is 1. The quantitative estimate of drug-likeness (QED) is 0.622. The van der Waals surface area contributed by atoms with E-state index >= 15 is 0 Å². The first kappa shape index (κ1) is 21.9. The van der Waals surface area contributed by atoms with Crippen LogP contribution in [-0.2, 0) is 14.3 Å². The highest BCUT2D eigenvalue weighted by Crippen LogP contribution is 2.41. The lowest BCUT2D eigenvalue weighted by Gasteiger charge is -2.34. The molecule has 1 aliphatic carbocycles. The van der Waals surface area contributed by atoms with E-state index in [4.69, 9.17) is 4.74 Å². The molecule has 1 aromatic heterocycles. The van der Waals surface area contributed by atoms with Crippen LogP contribution in [0.3, 0.4) is 0 Å². The van der Waals surface area contributed by atoms with Crippen molar-refractivity contribution in [3.8, 4) is 0 Å². The molecule has 9 nitrogen and oxygen atoms in total. The van der Waals surface area contributed by atoms with Gasteiger partial charge in [0.1, 0.15) is 5.82 Å². The normalized spacial score (nSPS) is 22.5. The molecular weight excluding hydrogens is 441 g/mol. The van der Waals surface area contributed by atoms with Crippen molar-refractivity contribution in [1.82, 2.24) is 15.2 Å². The second-order valence-corrected chi connectivity index (χ2v) is 8.67. The molecule has 3 N–H and O–H groups in total. The van der Waals surface area contributed by atoms with Crippen LogP contribution in [-0.4, -0.2) is 59.6 Å². The van der Waals surface area contributed by atoms with Crippen molar-refractivity contribution >= 4 is 35.0 Å². The van der Waals surface area contributed by atoms with Crippen molar-refractivity contribution in [3.05, 3.63) is 59.9 Å². The van der Waals surface area contributed by atoms with Gasteiger partial charge in [0.2, 0.25) is 0 Å². The second kappa shape index (κ2) is 8.44. The van der Waals surface area contributed by atoms with Crippen LogP contribution in [0, 0.1) is 5.92 Å². The fourth-order valence-corrected chi connectivity index (χ4v) is 4.37. The summed E-state index contributed by atoms with van der Waals surface area (Å²) in [5.74, 6) is -1.12. The summed E-state index contributed by atoms with van der Waals surface area (Å²) in [6, 6.07) is 12.5. The van der Waals surface area contributed by atoms with Crippen molar-refractivity contribution in [2.75, 3.05) is 30.8 Å². The second-order valence-electron chi connectivity index (χ2n) is 8.67. The number of carbonyl (C=O) groups excluding carboxylic acids is 3. The Morgan fingerprint density at radius 2 is 2.00 bits per heavy atom. The standard InChI is InChI=1S/C24H24FN5O4/c1-34-23(33)30-12-16-19(17(31)13-30)21(27-15-5-3-2-4-6-15)20(28-16)14-7-10-26-18(11-14)29-22(32)24(25)8-9-24/h2-7,10-11,16,19,27-28H,8-9,12-13H2,1H3,(H,26,29,32). The fourth-order valence-electron chi connectivity index (χ4n) is 4.37. The summed E-state index contributed by atoms with van der Waals surface area (Å²) in [6.07, 6.45) is 1.37. The molecule has 34 heavy (non-hydrogen) atoms. The van der Waals surface area contributed by atoms with Crippen LogP contribution in [0.25, 0.3) is 5.70 Å². The van der Waals surface area contributed by atoms with Crippen LogP contribution < -0.4 is 16.0 Å². The fraction of sp³-hybridized carbons (Fsp3) is 0.333. The SMILES string of the molecule is COC(=O)N1CC(=O)C2C(Nc3ccccc3)=C(c3ccnc(NC(=O)C4(F)CC4)c3)NC2C1. The summed E-state index contributed by atoms with van der Waals surface area (Å²) in [7, 11) is 1.28. The summed E-state index contributed by atoms with van der Waals surface area (Å²) in [4.78, 5) is 42.9. The van der Waals surface area contributed by atoms with Gasteiger partial charge < -0.3 is 20.7 Å². The molecule has 2 unspecified atom stereocenters. The molecule has 1 saturated carbocycles. The van der Waals surface area contributed by atoms with Crippen LogP contribution in [0.5, 0.6) is 0 Å². The number of carbonyl (C=O) groups is 3. The third-order valence-corrected chi connectivity index (χ3v) is 6.29. The number of ketones is 1. The van der Waals surface area contributed by atoms with Gasteiger partial charge in [0.15, 0.2) is 11.5 Å². The maximum Gasteiger partial charge on any atom is 0.409 e. The largest absolute Gasteiger partial charge is 0.453 e. The van der Waals surface area contributed by atoms with E-state index in [0.29, 0.717) is 17.0 Å². The number of halogens is 1. The Morgan fingerprint density at radius 1 is 1.24 bits per heavy atom. The van der Waals surface area contributed by atoms with E-state index < -0.39 is 23.6 Å². The molecule has 3 heterocycles.